The van der Waals surface area contributed by atoms with Gasteiger partial charge in [0.1, 0.15) is 51.7 Å². The van der Waals surface area contributed by atoms with Gasteiger partial charge in [0, 0.05) is 57.5 Å². The number of rotatable bonds is 21. The van der Waals surface area contributed by atoms with Gasteiger partial charge in [0.25, 0.3) is 19.4 Å². The van der Waals surface area contributed by atoms with E-state index < -0.39 is 17.3 Å². The summed E-state index contributed by atoms with van der Waals surface area (Å²) in [5, 5.41) is 60.0. The van der Waals surface area contributed by atoms with E-state index in [1.807, 2.05) is 51.3 Å². The molecule has 0 heterocycles. The standard InChI is InChI=1S/3C18H19NO5/c1-3-19(4-2)14-9-12(21)10-16(24-11-20)17(14)18(23)13-7-5-6-8-15(13)22;1-3-19(4-2)14-9-13(17(24-11-20)10-16(14)22)18(23)12-7-5-6-8-15(12)21;1-3-19(4-2)16-15(22)10-9-13(18(16)24-11-20)17(23)12-7-5-6-8-14(12)21/h3*5-11,21-22H,3-4H2,1-2H3. The lowest BCUT2D eigenvalue weighted by molar-refractivity contribution is -0.121. The summed E-state index contributed by atoms with van der Waals surface area (Å²) in [5.41, 5.74) is 1.72. The van der Waals surface area contributed by atoms with Crippen molar-refractivity contribution in [2.75, 3.05) is 54.0 Å². The van der Waals surface area contributed by atoms with Gasteiger partial charge in [0.15, 0.2) is 5.75 Å². The highest BCUT2D eigenvalue weighted by Gasteiger charge is 2.27. The van der Waals surface area contributed by atoms with Gasteiger partial charge in [-0.25, -0.2) is 0 Å². The molecule has 378 valence electrons. The van der Waals surface area contributed by atoms with Gasteiger partial charge in [-0.2, -0.15) is 0 Å². The number of para-hydroxylation sites is 3. The Morgan fingerprint density at radius 3 is 1.31 bits per heavy atom. The summed E-state index contributed by atoms with van der Waals surface area (Å²) in [6, 6.07) is 26.4. The van der Waals surface area contributed by atoms with Gasteiger partial charge < -0.3 is 59.5 Å². The van der Waals surface area contributed by atoms with Crippen molar-refractivity contribution in [3.8, 4) is 51.7 Å². The van der Waals surface area contributed by atoms with Crippen LogP contribution in [0.5, 0.6) is 51.7 Å². The molecular weight excluding hydrogens is 931 g/mol. The summed E-state index contributed by atoms with van der Waals surface area (Å²) in [6.45, 7) is 15.5. The molecule has 0 aliphatic heterocycles. The number of carbonyl (C=O) groups is 6. The first-order valence-corrected chi connectivity index (χ1v) is 22.7. The molecule has 0 saturated heterocycles. The van der Waals surface area contributed by atoms with Crippen LogP contribution in [0.15, 0.2) is 109 Å². The number of phenols is 6. The minimum Gasteiger partial charge on any atom is -0.508 e. The second-order valence-electron chi connectivity index (χ2n) is 15.2. The molecule has 0 atom stereocenters. The first kappa shape index (κ1) is 55.5. The Morgan fingerprint density at radius 2 is 0.847 bits per heavy atom. The average molecular weight is 988 g/mol. The summed E-state index contributed by atoms with van der Waals surface area (Å²) in [4.78, 5) is 76.5. The molecule has 0 aromatic heterocycles. The summed E-state index contributed by atoms with van der Waals surface area (Å²) < 4.78 is 14.8. The zero-order chi connectivity index (χ0) is 53.1. The number of carbonyl (C=O) groups excluding carboxylic acids is 6. The number of hydrogen-bond donors (Lipinski definition) is 6. The minimum atomic E-state index is -0.502. The maximum absolute atomic E-state index is 13.0. The number of hydrogen-bond acceptors (Lipinski definition) is 18. The van der Waals surface area contributed by atoms with E-state index >= 15 is 0 Å². The van der Waals surface area contributed by atoms with E-state index in [0.717, 1.165) is 0 Å². The zero-order valence-electron chi connectivity index (χ0n) is 40.6. The number of anilines is 3. The van der Waals surface area contributed by atoms with Crippen molar-refractivity contribution in [3.05, 3.63) is 143 Å². The molecule has 6 N–H and O–H groups in total. The molecule has 72 heavy (non-hydrogen) atoms. The fraction of sp³-hybridized carbons (Fsp3) is 0.222. The number of phenolic OH excluding ortho intramolecular Hbond substituents is 6. The van der Waals surface area contributed by atoms with Crippen LogP contribution in [0.25, 0.3) is 0 Å². The topological polar surface area (TPSA) is 261 Å². The Morgan fingerprint density at radius 1 is 0.417 bits per heavy atom. The second kappa shape index (κ2) is 26.6. The van der Waals surface area contributed by atoms with E-state index in [1.54, 1.807) is 41.3 Å². The fourth-order valence-electron chi connectivity index (χ4n) is 7.65. The Labute approximate surface area is 416 Å². The summed E-state index contributed by atoms with van der Waals surface area (Å²) in [7, 11) is 0. The number of ketones is 3. The third kappa shape index (κ3) is 13.0. The SMILES string of the molecule is CCN(CC)c1c(O)ccc(C(=O)c2ccccc2O)c1OC=O.CCN(CC)c1cc(C(=O)c2ccccc2O)c(OC=O)cc1O.CCN(CC)c1cc(O)cc(OC=O)c1C(=O)c1ccccc1O. The van der Waals surface area contributed by atoms with Crippen molar-refractivity contribution in [1.29, 1.82) is 0 Å². The van der Waals surface area contributed by atoms with E-state index in [9.17, 15) is 59.4 Å². The van der Waals surface area contributed by atoms with Crippen LogP contribution >= 0.6 is 0 Å². The van der Waals surface area contributed by atoms with Crippen LogP contribution in [0.2, 0.25) is 0 Å². The molecule has 18 heteroatoms. The molecule has 6 rings (SSSR count). The summed E-state index contributed by atoms with van der Waals surface area (Å²) in [5.74, 6) is -2.46. The van der Waals surface area contributed by atoms with Crippen molar-refractivity contribution in [3.63, 3.8) is 0 Å². The molecule has 0 amide bonds. The molecule has 18 nitrogen and oxygen atoms in total. The Bertz CT molecular complexity index is 2820. The third-order valence-corrected chi connectivity index (χ3v) is 11.2. The predicted molar refractivity (Wildman–Crippen MR) is 270 cm³/mol. The van der Waals surface area contributed by atoms with Crippen molar-refractivity contribution in [2.45, 2.75) is 41.5 Å². The van der Waals surface area contributed by atoms with Crippen LogP contribution in [-0.2, 0) is 14.4 Å². The lowest BCUT2D eigenvalue weighted by atomic mass is 9.98. The number of nitrogens with zero attached hydrogens (tertiary/aromatic N) is 3. The largest absolute Gasteiger partial charge is 0.508 e. The van der Waals surface area contributed by atoms with E-state index in [4.69, 9.17) is 14.2 Å². The van der Waals surface area contributed by atoms with Gasteiger partial charge in [-0.05, 0) is 96.1 Å². The molecule has 0 bridgehead atoms. The Balaban J connectivity index is 0.000000234. The third-order valence-electron chi connectivity index (χ3n) is 11.2. The van der Waals surface area contributed by atoms with Gasteiger partial charge in [0.2, 0.25) is 17.3 Å². The molecule has 6 aromatic carbocycles. The fourth-order valence-corrected chi connectivity index (χ4v) is 7.65. The van der Waals surface area contributed by atoms with E-state index in [-0.39, 0.29) is 110 Å². The van der Waals surface area contributed by atoms with Crippen molar-refractivity contribution in [2.24, 2.45) is 0 Å². The summed E-state index contributed by atoms with van der Waals surface area (Å²) >= 11 is 0. The van der Waals surface area contributed by atoms with E-state index in [2.05, 4.69) is 0 Å². The molecule has 0 spiro atoms. The van der Waals surface area contributed by atoms with Gasteiger partial charge in [-0.1, -0.05) is 36.4 Å². The highest BCUT2D eigenvalue weighted by molar-refractivity contribution is 6.16. The lowest BCUT2D eigenvalue weighted by Gasteiger charge is -2.25. The molecular formula is C54H57N3O15. The minimum absolute atomic E-state index is 0.0260. The van der Waals surface area contributed by atoms with Gasteiger partial charge >= 0.3 is 0 Å². The van der Waals surface area contributed by atoms with Gasteiger partial charge in [-0.15, -0.1) is 0 Å². The zero-order valence-corrected chi connectivity index (χ0v) is 40.6. The predicted octanol–water partition coefficient (Wildman–Crippen LogP) is 8.13. The summed E-state index contributed by atoms with van der Waals surface area (Å²) in [6.07, 6.45) is 0. The van der Waals surface area contributed by atoms with Crippen LogP contribution in [-0.4, -0.2) is 107 Å². The highest BCUT2D eigenvalue weighted by Crippen LogP contribution is 2.42. The van der Waals surface area contributed by atoms with Crippen LogP contribution in [0.1, 0.15) is 89.3 Å². The number of ether oxygens (including phenoxy) is 3. The maximum Gasteiger partial charge on any atom is 0.298 e. The maximum atomic E-state index is 13.0. The molecule has 0 aliphatic carbocycles. The van der Waals surface area contributed by atoms with E-state index in [1.165, 1.54) is 72.8 Å². The van der Waals surface area contributed by atoms with Crippen molar-refractivity contribution in [1.82, 2.24) is 0 Å². The van der Waals surface area contributed by atoms with Gasteiger partial charge in [-0.3, -0.25) is 28.8 Å². The number of aromatic hydroxyl groups is 6. The Hall–Kier alpha value is -9.06. The molecule has 6 aromatic rings. The van der Waals surface area contributed by atoms with Crippen molar-refractivity contribution < 1.29 is 73.6 Å². The highest BCUT2D eigenvalue weighted by atomic mass is 16.5. The van der Waals surface area contributed by atoms with Crippen molar-refractivity contribution >= 4 is 53.8 Å². The quantitative estimate of drug-likeness (QED) is 0.0294. The molecule has 0 aliphatic rings. The first-order valence-electron chi connectivity index (χ1n) is 22.7. The smallest absolute Gasteiger partial charge is 0.298 e. The van der Waals surface area contributed by atoms with Gasteiger partial charge in [0.05, 0.1) is 44.8 Å². The van der Waals surface area contributed by atoms with Crippen LogP contribution in [0.4, 0.5) is 17.1 Å². The van der Waals surface area contributed by atoms with E-state index in [0.29, 0.717) is 50.6 Å². The Kier molecular flexibility index (Phi) is 20.5. The van der Waals surface area contributed by atoms with Crippen LogP contribution in [0, 0.1) is 0 Å². The van der Waals surface area contributed by atoms with Crippen LogP contribution < -0.4 is 28.9 Å². The normalized spacial score (nSPS) is 10.2. The number of benzene rings is 6. The lowest BCUT2D eigenvalue weighted by Crippen LogP contribution is -2.24. The monoisotopic (exact) mass is 987 g/mol. The first-order chi connectivity index (χ1) is 34.6. The van der Waals surface area contributed by atoms with Crippen LogP contribution in [0.3, 0.4) is 0 Å². The second-order valence-corrected chi connectivity index (χ2v) is 15.2. The average Bonchev–Trinajstić information content (AvgIpc) is 3.37. The molecule has 0 fully saturated rings. The molecule has 0 radical (unpaired) electrons. The molecule has 0 saturated carbocycles. The molecule has 0 unspecified atom stereocenters.